The number of nitrogens with two attached hydrogens (primary N) is 1. The zero-order valence-corrected chi connectivity index (χ0v) is 7.90. The molecule has 0 heterocycles. The fraction of sp³-hybridized carbons (Fsp3) is 0.300. The lowest BCUT2D eigenvalue weighted by molar-refractivity contribution is 0.0693. The summed E-state index contributed by atoms with van der Waals surface area (Å²) in [5.74, 6) is -1.38. The Labute approximate surface area is 82.0 Å². The van der Waals surface area contributed by atoms with Crippen molar-refractivity contribution in [3.8, 4) is 5.75 Å². The molecular weight excluding hydrogens is 182 g/mol. The molecule has 14 heavy (non-hydrogen) atoms. The molecular formula is C10H13NO3. The van der Waals surface area contributed by atoms with E-state index in [0.29, 0.717) is 0 Å². The Morgan fingerprint density at radius 2 is 2.21 bits per heavy atom. The van der Waals surface area contributed by atoms with Crippen LogP contribution in [0.3, 0.4) is 0 Å². The van der Waals surface area contributed by atoms with E-state index in [4.69, 9.17) is 10.8 Å². The summed E-state index contributed by atoms with van der Waals surface area (Å²) in [6.45, 7) is 1.91. The Morgan fingerprint density at radius 1 is 1.57 bits per heavy atom. The molecule has 0 amide bonds. The second-order valence-electron chi connectivity index (χ2n) is 3.10. The van der Waals surface area contributed by atoms with Gasteiger partial charge in [-0.15, -0.1) is 0 Å². The summed E-state index contributed by atoms with van der Waals surface area (Å²) in [4.78, 5) is 10.7. The highest BCUT2D eigenvalue weighted by Crippen LogP contribution is 2.22. The van der Waals surface area contributed by atoms with E-state index in [1.807, 2.05) is 6.92 Å². The van der Waals surface area contributed by atoms with Crippen LogP contribution in [0.15, 0.2) is 18.2 Å². The van der Waals surface area contributed by atoms with Crippen molar-refractivity contribution in [1.29, 1.82) is 0 Å². The van der Waals surface area contributed by atoms with E-state index in [2.05, 4.69) is 0 Å². The summed E-state index contributed by atoms with van der Waals surface area (Å²) in [5, 5.41) is 18.0. The molecule has 4 nitrogen and oxygen atoms in total. The number of rotatable bonds is 3. The molecule has 0 saturated carbocycles. The Morgan fingerprint density at radius 3 is 2.71 bits per heavy atom. The third-order valence-electron chi connectivity index (χ3n) is 2.12. The van der Waals surface area contributed by atoms with Crippen LogP contribution in [0.2, 0.25) is 0 Å². The topological polar surface area (TPSA) is 83.5 Å². The molecule has 1 rings (SSSR count). The van der Waals surface area contributed by atoms with Crippen LogP contribution in [-0.2, 0) is 0 Å². The lowest BCUT2D eigenvalue weighted by Crippen LogP contribution is -2.09. The molecule has 1 aromatic rings. The van der Waals surface area contributed by atoms with Crippen molar-refractivity contribution in [3.63, 3.8) is 0 Å². The van der Waals surface area contributed by atoms with Gasteiger partial charge in [0, 0.05) is 6.04 Å². The van der Waals surface area contributed by atoms with Gasteiger partial charge in [-0.3, -0.25) is 0 Å². The summed E-state index contributed by atoms with van der Waals surface area (Å²) in [6, 6.07) is 4.21. The number of carboxylic acid groups (broad SMARTS) is 1. The SMILES string of the molecule is CC[C@H](N)c1ccc(O)c(C(=O)O)c1. The third-order valence-corrected chi connectivity index (χ3v) is 2.12. The smallest absolute Gasteiger partial charge is 0.339 e. The van der Waals surface area contributed by atoms with E-state index in [1.165, 1.54) is 12.1 Å². The second-order valence-corrected chi connectivity index (χ2v) is 3.10. The molecule has 0 aliphatic rings. The number of phenols is 1. The van der Waals surface area contributed by atoms with Gasteiger partial charge in [-0.1, -0.05) is 13.0 Å². The van der Waals surface area contributed by atoms with Gasteiger partial charge in [-0.05, 0) is 24.1 Å². The summed E-state index contributed by atoms with van der Waals surface area (Å²) < 4.78 is 0. The van der Waals surface area contributed by atoms with E-state index in [9.17, 15) is 9.90 Å². The van der Waals surface area contributed by atoms with Gasteiger partial charge in [0.25, 0.3) is 0 Å². The van der Waals surface area contributed by atoms with E-state index >= 15 is 0 Å². The lowest BCUT2D eigenvalue weighted by atomic mass is 10.0. The van der Waals surface area contributed by atoms with Gasteiger partial charge in [0.2, 0.25) is 0 Å². The minimum atomic E-state index is -1.15. The largest absolute Gasteiger partial charge is 0.507 e. The molecule has 4 heteroatoms. The Kier molecular flexibility index (Phi) is 3.09. The van der Waals surface area contributed by atoms with Crippen molar-refractivity contribution in [1.82, 2.24) is 0 Å². The molecule has 76 valence electrons. The molecule has 1 aromatic carbocycles. The Balaban J connectivity index is 3.12. The maximum atomic E-state index is 10.7. The van der Waals surface area contributed by atoms with E-state index < -0.39 is 5.97 Å². The Hall–Kier alpha value is -1.55. The van der Waals surface area contributed by atoms with Gasteiger partial charge in [-0.25, -0.2) is 4.79 Å². The van der Waals surface area contributed by atoms with E-state index in [1.54, 1.807) is 6.07 Å². The predicted octanol–water partition coefficient (Wildman–Crippen LogP) is 1.50. The van der Waals surface area contributed by atoms with Crippen LogP contribution in [0.4, 0.5) is 0 Å². The number of hydrogen-bond acceptors (Lipinski definition) is 3. The third kappa shape index (κ3) is 2.03. The minimum Gasteiger partial charge on any atom is -0.507 e. The van der Waals surface area contributed by atoms with Crippen molar-refractivity contribution in [2.24, 2.45) is 5.73 Å². The maximum Gasteiger partial charge on any atom is 0.339 e. The maximum absolute atomic E-state index is 10.7. The molecule has 4 N–H and O–H groups in total. The van der Waals surface area contributed by atoms with Gasteiger partial charge >= 0.3 is 5.97 Å². The first-order valence-electron chi connectivity index (χ1n) is 4.38. The van der Waals surface area contributed by atoms with Gasteiger partial charge in [0.1, 0.15) is 11.3 Å². The summed E-state index contributed by atoms with van der Waals surface area (Å²) >= 11 is 0. The lowest BCUT2D eigenvalue weighted by Gasteiger charge is -2.10. The monoisotopic (exact) mass is 195 g/mol. The molecule has 0 spiro atoms. The number of carbonyl (C=O) groups is 1. The molecule has 0 saturated heterocycles. The highest BCUT2D eigenvalue weighted by Gasteiger charge is 2.12. The van der Waals surface area contributed by atoms with Crippen molar-refractivity contribution in [2.45, 2.75) is 19.4 Å². The van der Waals surface area contributed by atoms with Crippen LogP contribution in [0.5, 0.6) is 5.75 Å². The highest BCUT2D eigenvalue weighted by molar-refractivity contribution is 5.90. The summed E-state index contributed by atoms with van der Waals surface area (Å²) in [5.41, 5.74) is 6.36. The Bertz CT molecular complexity index is 349. The molecule has 0 bridgehead atoms. The first-order chi connectivity index (χ1) is 6.56. The highest BCUT2D eigenvalue weighted by atomic mass is 16.4. The van der Waals surface area contributed by atoms with Crippen LogP contribution in [0.1, 0.15) is 35.3 Å². The average molecular weight is 195 g/mol. The van der Waals surface area contributed by atoms with E-state index in [-0.39, 0.29) is 17.4 Å². The predicted molar refractivity (Wildman–Crippen MR) is 52.3 cm³/mol. The van der Waals surface area contributed by atoms with Crippen molar-refractivity contribution < 1.29 is 15.0 Å². The van der Waals surface area contributed by atoms with Gasteiger partial charge in [0.05, 0.1) is 0 Å². The van der Waals surface area contributed by atoms with Crippen molar-refractivity contribution in [2.75, 3.05) is 0 Å². The molecule has 0 aromatic heterocycles. The molecule has 0 fully saturated rings. The van der Waals surface area contributed by atoms with Crippen molar-refractivity contribution in [3.05, 3.63) is 29.3 Å². The fourth-order valence-corrected chi connectivity index (χ4v) is 1.19. The first kappa shape index (κ1) is 10.5. The number of aromatic hydroxyl groups is 1. The molecule has 0 unspecified atom stereocenters. The second kappa shape index (κ2) is 4.11. The van der Waals surface area contributed by atoms with Gasteiger partial charge < -0.3 is 15.9 Å². The standard InChI is InChI=1S/C10H13NO3/c1-2-8(11)6-3-4-9(12)7(5-6)10(13)14/h3-5,8,12H,2,11H2,1H3,(H,13,14)/t8-/m0/s1. The molecule has 0 radical (unpaired) electrons. The van der Waals surface area contributed by atoms with Crippen molar-refractivity contribution >= 4 is 5.97 Å². The summed E-state index contributed by atoms with van der Waals surface area (Å²) in [7, 11) is 0. The molecule has 0 aliphatic heterocycles. The van der Waals surface area contributed by atoms with Crippen LogP contribution in [0.25, 0.3) is 0 Å². The summed E-state index contributed by atoms with van der Waals surface area (Å²) in [6.07, 6.45) is 0.726. The zero-order valence-electron chi connectivity index (χ0n) is 7.90. The average Bonchev–Trinajstić information content (AvgIpc) is 2.17. The fourth-order valence-electron chi connectivity index (χ4n) is 1.19. The number of aromatic carboxylic acids is 1. The number of carboxylic acids is 1. The van der Waals surface area contributed by atoms with Crippen LogP contribution < -0.4 is 5.73 Å². The first-order valence-corrected chi connectivity index (χ1v) is 4.38. The number of benzene rings is 1. The zero-order chi connectivity index (χ0) is 10.7. The van der Waals surface area contributed by atoms with Gasteiger partial charge in [-0.2, -0.15) is 0 Å². The molecule has 0 aliphatic carbocycles. The van der Waals surface area contributed by atoms with Crippen LogP contribution >= 0.6 is 0 Å². The minimum absolute atomic E-state index is 0.105. The van der Waals surface area contributed by atoms with Crippen LogP contribution in [-0.4, -0.2) is 16.2 Å². The van der Waals surface area contributed by atoms with Crippen LogP contribution in [0, 0.1) is 0 Å². The molecule has 1 atom stereocenters. The number of hydrogen-bond donors (Lipinski definition) is 3. The normalized spacial score (nSPS) is 12.4. The van der Waals surface area contributed by atoms with E-state index in [0.717, 1.165) is 12.0 Å². The van der Waals surface area contributed by atoms with Gasteiger partial charge in [0.15, 0.2) is 0 Å². The quantitative estimate of drug-likeness (QED) is 0.682.